The van der Waals surface area contributed by atoms with Crippen LogP contribution in [0.25, 0.3) is 0 Å². The second kappa shape index (κ2) is 9.84. The van der Waals surface area contributed by atoms with Crippen LogP contribution < -0.4 is 14.8 Å². The number of carbonyl (C=O) groups is 3. The van der Waals surface area contributed by atoms with Gasteiger partial charge in [-0.3, -0.25) is 14.5 Å². The molecule has 0 spiro atoms. The van der Waals surface area contributed by atoms with E-state index in [9.17, 15) is 14.4 Å². The van der Waals surface area contributed by atoms with Gasteiger partial charge in [0, 0.05) is 12.6 Å². The highest BCUT2D eigenvalue weighted by Gasteiger charge is 2.54. The number of urea groups is 1. The summed E-state index contributed by atoms with van der Waals surface area (Å²) in [6.07, 6.45) is 6.59. The van der Waals surface area contributed by atoms with Crippen LogP contribution in [-0.2, 0) is 15.1 Å². The highest BCUT2D eigenvalue weighted by Crippen LogP contribution is 2.39. The van der Waals surface area contributed by atoms with Gasteiger partial charge < -0.3 is 19.7 Å². The minimum atomic E-state index is -1.45. The fourth-order valence-electron chi connectivity index (χ4n) is 6.12. The number of rotatable bonds is 6. The SMILES string of the molecule is COc1ccc(C2(c3ccc(OC)cc3)NC(=O)N(CC(=O)N3CCCC4CCCCC43)C2=O)cc1. The van der Waals surface area contributed by atoms with Crippen LogP contribution in [0.3, 0.4) is 0 Å². The topological polar surface area (TPSA) is 88.2 Å². The summed E-state index contributed by atoms with van der Waals surface area (Å²) >= 11 is 0. The average Bonchev–Trinajstić information content (AvgIpc) is 3.18. The lowest BCUT2D eigenvalue weighted by Gasteiger charge is -2.44. The number of nitrogens with one attached hydrogen (secondary N) is 1. The van der Waals surface area contributed by atoms with Crippen molar-refractivity contribution in [2.24, 2.45) is 5.92 Å². The first-order valence-corrected chi connectivity index (χ1v) is 12.7. The normalized spacial score (nSPS) is 23.2. The number of amides is 4. The molecule has 2 aliphatic heterocycles. The highest BCUT2D eigenvalue weighted by atomic mass is 16.5. The van der Waals surface area contributed by atoms with Gasteiger partial charge in [0.15, 0.2) is 5.54 Å². The lowest BCUT2D eigenvalue weighted by atomic mass is 9.78. The van der Waals surface area contributed by atoms with Crippen molar-refractivity contribution in [2.45, 2.75) is 50.1 Å². The van der Waals surface area contributed by atoms with Gasteiger partial charge in [-0.05, 0) is 67.0 Å². The zero-order valence-electron chi connectivity index (χ0n) is 20.9. The highest BCUT2D eigenvalue weighted by molar-refractivity contribution is 6.11. The molecule has 0 bridgehead atoms. The Morgan fingerprint density at radius 3 is 2.03 bits per heavy atom. The minimum Gasteiger partial charge on any atom is -0.497 e. The molecule has 1 saturated carbocycles. The zero-order chi connectivity index (χ0) is 25.3. The molecule has 36 heavy (non-hydrogen) atoms. The van der Waals surface area contributed by atoms with Gasteiger partial charge in [0.2, 0.25) is 5.91 Å². The van der Waals surface area contributed by atoms with E-state index in [0.717, 1.165) is 37.0 Å². The average molecular weight is 492 g/mol. The van der Waals surface area contributed by atoms with Crippen LogP contribution in [0, 0.1) is 5.92 Å². The molecule has 2 heterocycles. The van der Waals surface area contributed by atoms with Crippen molar-refractivity contribution in [2.75, 3.05) is 27.3 Å². The Hall–Kier alpha value is -3.55. The van der Waals surface area contributed by atoms with E-state index < -0.39 is 17.5 Å². The molecule has 190 valence electrons. The fourth-order valence-corrected chi connectivity index (χ4v) is 6.12. The van der Waals surface area contributed by atoms with Crippen molar-refractivity contribution in [1.82, 2.24) is 15.1 Å². The van der Waals surface area contributed by atoms with Crippen LogP contribution in [0.5, 0.6) is 11.5 Å². The predicted molar refractivity (Wildman–Crippen MR) is 134 cm³/mol. The molecule has 1 aliphatic carbocycles. The summed E-state index contributed by atoms with van der Waals surface area (Å²) in [5, 5.41) is 2.92. The van der Waals surface area contributed by atoms with Gasteiger partial charge in [-0.25, -0.2) is 4.79 Å². The molecule has 2 aromatic rings. The smallest absolute Gasteiger partial charge is 0.326 e. The molecule has 8 nitrogen and oxygen atoms in total. The Balaban J connectivity index is 1.46. The lowest BCUT2D eigenvalue weighted by molar-refractivity contribution is -0.142. The van der Waals surface area contributed by atoms with Crippen molar-refractivity contribution < 1.29 is 23.9 Å². The number of hydrogen-bond donors (Lipinski definition) is 1. The maximum absolute atomic E-state index is 14.1. The molecule has 5 rings (SSSR count). The molecular weight excluding hydrogens is 458 g/mol. The van der Waals surface area contributed by atoms with Gasteiger partial charge in [0.05, 0.1) is 14.2 Å². The first-order chi connectivity index (χ1) is 17.5. The Bertz CT molecular complexity index is 1080. The molecule has 3 aliphatic rings. The number of imide groups is 1. The Morgan fingerprint density at radius 2 is 1.44 bits per heavy atom. The van der Waals surface area contributed by atoms with Crippen LogP contribution >= 0.6 is 0 Å². The van der Waals surface area contributed by atoms with Gasteiger partial charge in [-0.1, -0.05) is 37.1 Å². The molecular formula is C28H33N3O5. The van der Waals surface area contributed by atoms with Gasteiger partial charge in [-0.15, -0.1) is 0 Å². The third kappa shape index (κ3) is 4.08. The molecule has 3 fully saturated rings. The number of methoxy groups -OCH3 is 2. The first-order valence-electron chi connectivity index (χ1n) is 12.7. The number of ether oxygens (including phenoxy) is 2. The van der Waals surface area contributed by atoms with Crippen LogP contribution in [0.1, 0.15) is 49.7 Å². The van der Waals surface area contributed by atoms with Crippen molar-refractivity contribution in [3.05, 3.63) is 59.7 Å². The van der Waals surface area contributed by atoms with E-state index in [1.54, 1.807) is 62.8 Å². The second-order valence-corrected chi connectivity index (χ2v) is 9.87. The summed E-state index contributed by atoms with van der Waals surface area (Å²) in [5.74, 6) is 1.18. The van der Waals surface area contributed by atoms with Gasteiger partial charge in [-0.2, -0.15) is 0 Å². The maximum Gasteiger partial charge on any atom is 0.326 e. The number of likely N-dealkylation sites (tertiary alicyclic amines) is 1. The maximum atomic E-state index is 14.1. The number of benzene rings is 2. The van der Waals surface area contributed by atoms with Crippen LogP contribution in [0.4, 0.5) is 4.79 Å². The van der Waals surface area contributed by atoms with E-state index in [1.165, 1.54) is 6.42 Å². The summed E-state index contributed by atoms with van der Waals surface area (Å²) in [6, 6.07) is 13.7. The first kappa shape index (κ1) is 24.2. The Kier molecular flexibility index (Phi) is 6.60. The monoisotopic (exact) mass is 491 g/mol. The van der Waals surface area contributed by atoms with E-state index in [2.05, 4.69) is 5.32 Å². The number of fused-ring (bicyclic) bond motifs is 1. The minimum absolute atomic E-state index is 0.157. The quantitative estimate of drug-likeness (QED) is 0.623. The molecule has 4 amide bonds. The van der Waals surface area contributed by atoms with Crippen LogP contribution in [0.2, 0.25) is 0 Å². The zero-order valence-corrected chi connectivity index (χ0v) is 20.9. The Morgan fingerprint density at radius 1 is 0.889 bits per heavy atom. The van der Waals surface area contributed by atoms with Crippen molar-refractivity contribution in [1.29, 1.82) is 0 Å². The second-order valence-electron chi connectivity index (χ2n) is 9.87. The predicted octanol–water partition coefficient (Wildman–Crippen LogP) is 3.68. The molecule has 2 atom stereocenters. The summed E-state index contributed by atoms with van der Waals surface area (Å²) < 4.78 is 10.6. The standard InChI is InChI=1S/C28H33N3O5/c1-35-22-13-9-20(10-14-22)28(21-11-15-23(36-2)16-12-21)26(33)31(27(34)29-28)18-25(32)30-17-5-7-19-6-3-4-8-24(19)30/h9-16,19,24H,3-8,17-18H2,1-2H3,(H,29,34). The molecule has 8 heteroatoms. The number of piperidine rings is 1. The summed E-state index contributed by atoms with van der Waals surface area (Å²) in [7, 11) is 3.14. The Labute approximate surface area is 211 Å². The van der Waals surface area contributed by atoms with Crippen LogP contribution in [-0.4, -0.2) is 61.0 Å². The van der Waals surface area contributed by atoms with Gasteiger partial charge in [0.1, 0.15) is 18.0 Å². The summed E-state index contributed by atoms with van der Waals surface area (Å²) in [4.78, 5) is 43.8. The van der Waals surface area contributed by atoms with E-state index in [1.807, 2.05) is 4.90 Å². The molecule has 2 aromatic carbocycles. The van der Waals surface area contributed by atoms with Crippen molar-refractivity contribution >= 4 is 17.8 Å². The summed E-state index contributed by atoms with van der Waals surface area (Å²) in [5.41, 5.74) is -0.273. The third-order valence-corrected chi connectivity index (χ3v) is 8.01. The van der Waals surface area contributed by atoms with Crippen LogP contribution in [0.15, 0.2) is 48.5 Å². The molecule has 2 unspecified atom stereocenters. The third-order valence-electron chi connectivity index (χ3n) is 8.01. The fraction of sp³-hybridized carbons (Fsp3) is 0.464. The molecule has 0 aromatic heterocycles. The van der Waals surface area contributed by atoms with E-state index in [-0.39, 0.29) is 18.5 Å². The van der Waals surface area contributed by atoms with Gasteiger partial charge >= 0.3 is 6.03 Å². The molecule has 1 N–H and O–H groups in total. The largest absolute Gasteiger partial charge is 0.497 e. The summed E-state index contributed by atoms with van der Waals surface area (Å²) in [6.45, 7) is 0.424. The van der Waals surface area contributed by atoms with E-state index >= 15 is 0 Å². The lowest BCUT2D eigenvalue weighted by Crippen LogP contribution is -2.53. The van der Waals surface area contributed by atoms with Gasteiger partial charge in [0.25, 0.3) is 5.91 Å². The van der Waals surface area contributed by atoms with Crippen molar-refractivity contribution in [3.63, 3.8) is 0 Å². The molecule has 0 radical (unpaired) electrons. The van der Waals surface area contributed by atoms with Crippen molar-refractivity contribution in [3.8, 4) is 11.5 Å². The van der Waals surface area contributed by atoms with E-state index in [4.69, 9.17) is 9.47 Å². The number of hydrogen-bond acceptors (Lipinski definition) is 5. The number of nitrogens with zero attached hydrogens (tertiary/aromatic N) is 2. The van der Waals surface area contributed by atoms with E-state index in [0.29, 0.717) is 35.1 Å². The number of carbonyl (C=O) groups excluding carboxylic acids is 3. The molecule has 2 saturated heterocycles.